The van der Waals surface area contributed by atoms with Crippen LogP contribution in [0.3, 0.4) is 0 Å². The maximum absolute atomic E-state index is 13.8. The lowest BCUT2D eigenvalue weighted by Gasteiger charge is -2.41. The number of benzene rings is 2. The van der Waals surface area contributed by atoms with Crippen molar-refractivity contribution in [1.29, 1.82) is 0 Å². The minimum atomic E-state index is -2.18. The number of hydrogen-bond acceptors (Lipinski definition) is 6. The van der Waals surface area contributed by atoms with E-state index in [1.165, 1.54) is 0 Å². The Morgan fingerprint density at radius 3 is 1.78 bits per heavy atom. The van der Waals surface area contributed by atoms with E-state index in [0.717, 1.165) is 11.1 Å². The van der Waals surface area contributed by atoms with E-state index in [1.54, 1.807) is 7.11 Å². The Bertz CT molecular complexity index is 1250. The van der Waals surface area contributed by atoms with Crippen LogP contribution < -0.4 is 4.72 Å². The zero-order valence-corrected chi connectivity index (χ0v) is 33.1. The summed E-state index contributed by atoms with van der Waals surface area (Å²) in [6, 6.07) is 19.5. The van der Waals surface area contributed by atoms with Crippen molar-refractivity contribution in [2.75, 3.05) is 20.5 Å². The van der Waals surface area contributed by atoms with Crippen molar-refractivity contribution in [3.63, 3.8) is 0 Å². The molecule has 2 rings (SSSR count). The molecule has 258 valence electrons. The van der Waals surface area contributed by atoms with Crippen LogP contribution >= 0.6 is 0 Å². The number of rotatable bonds is 17. The lowest BCUT2D eigenvalue weighted by atomic mass is 10.0. The molecular weight excluding hydrogens is 631 g/mol. The van der Waals surface area contributed by atoms with Gasteiger partial charge in [0.1, 0.15) is 33.2 Å². The number of ether oxygens (including phenoxy) is 4. The van der Waals surface area contributed by atoms with Gasteiger partial charge < -0.3 is 23.4 Å². The molecule has 0 fully saturated rings. The van der Waals surface area contributed by atoms with Crippen molar-refractivity contribution < 1.29 is 27.6 Å². The van der Waals surface area contributed by atoms with Crippen LogP contribution in [-0.4, -0.2) is 70.2 Å². The average Bonchev–Trinajstić information content (AvgIpc) is 2.97. The second kappa shape index (κ2) is 18.2. The highest BCUT2D eigenvalue weighted by Gasteiger charge is 2.43. The number of nitrogens with one attached hydrogen (secondary N) is 1. The van der Waals surface area contributed by atoms with Crippen LogP contribution in [0.15, 0.2) is 60.7 Å². The zero-order valence-electron chi connectivity index (χ0n) is 30.3. The quantitative estimate of drug-likeness (QED) is 0.106. The van der Waals surface area contributed by atoms with Crippen LogP contribution in [0.5, 0.6) is 0 Å². The first kappa shape index (κ1) is 40.5. The summed E-state index contributed by atoms with van der Waals surface area (Å²) >= 11 is 0. The Balaban J connectivity index is 2.71. The zero-order chi connectivity index (χ0) is 34.6. The predicted octanol–water partition coefficient (Wildman–Crippen LogP) is 7.47. The first-order valence-corrected chi connectivity index (χ1v) is 23.7. The summed E-state index contributed by atoms with van der Waals surface area (Å²) in [5.41, 5.74) is 5.52. The smallest absolute Gasteiger partial charge is 0.192 e. The van der Waals surface area contributed by atoms with Crippen LogP contribution in [0.1, 0.15) is 52.7 Å². The molecule has 0 aliphatic heterocycles. The Kier molecular flexibility index (Phi) is 16.0. The van der Waals surface area contributed by atoms with E-state index in [2.05, 4.69) is 69.7 Å². The highest BCUT2D eigenvalue weighted by molar-refractivity contribution is 7.84. The average molecular weight is 690 g/mol. The molecule has 0 saturated heterocycles. The first-order chi connectivity index (χ1) is 21.3. The van der Waals surface area contributed by atoms with Gasteiger partial charge >= 0.3 is 0 Å². The van der Waals surface area contributed by atoms with Crippen molar-refractivity contribution in [3.05, 3.63) is 71.8 Å². The van der Waals surface area contributed by atoms with E-state index in [1.807, 2.05) is 81.4 Å². The molecule has 0 unspecified atom stereocenters. The molecule has 0 heterocycles. The minimum absolute atomic E-state index is 0.00429. The van der Waals surface area contributed by atoms with Crippen LogP contribution in [-0.2, 0) is 47.6 Å². The fourth-order valence-electron chi connectivity index (χ4n) is 4.00. The monoisotopic (exact) mass is 689 g/mol. The highest BCUT2D eigenvalue weighted by Crippen LogP contribution is 2.37. The van der Waals surface area contributed by atoms with Crippen LogP contribution in [0.4, 0.5) is 0 Å². The van der Waals surface area contributed by atoms with Gasteiger partial charge in [-0.2, -0.15) is 0 Å². The fourth-order valence-corrected chi connectivity index (χ4v) is 6.44. The van der Waals surface area contributed by atoms with E-state index in [-0.39, 0.29) is 11.8 Å². The van der Waals surface area contributed by atoms with E-state index in [0.29, 0.717) is 19.8 Å². The van der Waals surface area contributed by atoms with Crippen molar-refractivity contribution in [2.24, 2.45) is 0 Å². The molecule has 0 saturated carbocycles. The van der Waals surface area contributed by atoms with Gasteiger partial charge in [-0.3, -0.25) is 0 Å². The van der Waals surface area contributed by atoms with Gasteiger partial charge in [0, 0.05) is 7.11 Å². The molecule has 46 heavy (non-hydrogen) atoms. The van der Waals surface area contributed by atoms with Crippen molar-refractivity contribution in [2.45, 2.75) is 122 Å². The summed E-state index contributed by atoms with van der Waals surface area (Å²) in [6.07, 6.45) is -1.90. The van der Waals surface area contributed by atoms with Gasteiger partial charge in [0.05, 0.1) is 41.6 Å². The SMILES string of the molecule is COCO[C@H](C#C[Si](C)(C)C)[C@@H](N[S@](=O)C(C)(C)C)[C@H](OCc1ccccc1)[C@@H](CO[Si](C)(C)C(C)(C)C)OCc1ccccc1. The van der Waals surface area contributed by atoms with Gasteiger partial charge in [-0.1, -0.05) is 107 Å². The summed E-state index contributed by atoms with van der Waals surface area (Å²) in [6.45, 7) is 24.5. The molecule has 7 nitrogen and oxygen atoms in total. The summed E-state index contributed by atoms with van der Waals surface area (Å²) in [7, 11) is -3.88. The number of methoxy groups -OCH3 is 1. The standard InChI is InChI=1S/C36H59NO6SSi2/c1-35(2,3)44(38)37-33(31(42-28-39-7)23-24-45(8,9)10)34(41-26-30-21-17-14-18-22-30)32(27-43-46(11,12)36(4,5)6)40-25-29-19-15-13-16-20-29/h13-22,31-34,37H,25-28H2,1-12H3/t31-,32-,33-,34-,44-/m1/s1. The molecular formula is C36H59NO6SSi2. The second-order valence-corrected chi connectivity index (χ2v) is 26.8. The number of hydrogen-bond donors (Lipinski definition) is 1. The van der Waals surface area contributed by atoms with E-state index >= 15 is 0 Å². The maximum Gasteiger partial charge on any atom is 0.192 e. The van der Waals surface area contributed by atoms with Crippen LogP contribution in [0.25, 0.3) is 0 Å². The summed E-state index contributed by atoms with van der Waals surface area (Å²) in [5.74, 6) is 3.40. The largest absolute Gasteiger partial charge is 0.414 e. The van der Waals surface area contributed by atoms with Crippen molar-refractivity contribution >= 4 is 27.4 Å². The van der Waals surface area contributed by atoms with E-state index in [4.69, 9.17) is 23.4 Å². The maximum atomic E-state index is 13.8. The topological polar surface area (TPSA) is 75.3 Å². The molecule has 0 aromatic heterocycles. The second-order valence-electron chi connectivity index (χ2n) is 15.2. The third kappa shape index (κ3) is 14.2. The molecule has 1 N–H and O–H groups in total. The highest BCUT2D eigenvalue weighted by atomic mass is 32.2. The normalized spacial score (nSPS) is 16.2. The first-order valence-electron chi connectivity index (χ1n) is 16.1. The third-order valence-corrected chi connectivity index (χ3v) is 14.8. The van der Waals surface area contributed by atoms with Gasteiger partial charge in [-0.25, -0.2) is 8.93 Å². The summed E-state index contributed by atoms with van der Waals surface area (Å²) in [4.78, 5) is 0. The Morgan fingerprint density at radius 2 is 1.33 bits per heavy atom. The minimum Gasteiger partial charge on any atom is -0.414 e. The predicted molar refractivity (Wildman–Crippen MR) is 196 cm³/mol. The molecule has 0 amide bonds. The Morgan fingerprint density at radius 1 is 0.804 bits per heavy atom. The molecule has 2 aromatic rings. The molecule has 0 spiro atoms. The van der Waals surface area contributed by atoms with Gasteiger partial charge in [0.25, 0.3) is 0 Å². The van der Waals surface area contributed by atoms with E-state index in [9.17, 15) is 4.21 Å². The van der Waals surface area contributed by atoms with Crippen molar-refractivity contribution in [3.8, 4) is 11.5 Å². The summed E-state index contributed by atoms with van der Waals surface area (Å²) < 4.78 is 48.7. The Labute approximate surface area is 284 Å². The van der Waals surface area contributed by atoms with Gasteiger partial charge in [-0.15, -0.1) is 5.54 Å². The van der Waals surface area contributed by atoms with Crippen LogP contribution in [0.2, 0.25) is 37.8 Å². The van der Waals surface area contributed by atoms with E-state index < -0.39 is 56.5 Å². The van der Waals surface area contributed by atoms with Crippen LogP contribution in [0, 0.1) is 11.5 Å². The lowest BCUT2D eigenvalue weighted by Crippen LogP contribution is -2.59. The molecule has 2 aromatic carbocycles. The van der Waals surface area contributed by atoms with Gasteiger partial charge in [0.15, 0.2) is 8.32 Å². The lowest BCUT2D eigenvalue weighted by molar-refractivity contribution is -0.137. The third-order valence-electron chi connectivity index (χ3n) is 7.81. The van der Waals surface area contributed by atoms with Gasteiger partial charge in [0.2, 0.25) is 0 Å². The van der Waals surface area contributed by atoms with Gasteiger partial charge in [-0.05, 0) is 50.0 Å². The Hall–Kier alpha value is -1.66. The van der Waals surface area contributed by atoms with Crippen molar-refractivity contribution in [1.82, 2.24) is 4.72 Å². The molecule has 0 aliphatic rings. The molecule has 0 radical (unpaired) electrons. The molecule has 0 bridgehead atoms. The molecule has 10 heteroatoms. The molecule has 0 aliphatic carbocycles. The molecule has 5 atom stereocenters. The summed E-state index contributed by atoms with van der Waals surface area (Å²) in [5, 5.41) is -0.00429. The fraction of sp³-hybridized carbons (Fsp3) is 0.611.